The van der Waals surface area contributed by atoms with Crippen LogP contribution in [0, 0.1) is 22.7 Å². The van der Waals surface area contributed by atoms with Crippen LogP contribution >= 0.6 is 0 Å². The van der Waals surface area contributed by atoms with Crippen LogP contribution in [0.15, 0.2) is 0 Å². The van der Waals surface area contributed by atoms with E-state index < -0.39 is 20.3 Å². The van der Waals surface area contributed by atoms with Crippen molar-refractivity contribution in [3.63, 3.8) is 0 Å². The van der Waals surface area contributed by atoms with Crippen LogP contribution in [0.25, 0.3) is 0 Å². The summed E-state index contributed by atoms with van der Waals surface area (Å²) in [5.74, 6) is 0. The van der Waals surface area contributed by atoms with E-state index in [2.05, 4.69) is 6.92 Å². The van der Waals surface area contributed by atoms with Gasteiger partial charge in [-0.15, -0.1) is 0 Å². The molecule has 0 radical (unpaired) electrons. The molecule has 0 aromatic rings. The zero-order chi connectivity index (χ0) is 19.0. The van der Waals surface area contributed by atoms with Gasteiger partial charge in [-0.3, -0.25) is 0 Å². The predicted molar refractivity (Wildman–Crippen MR) is 96.9 cm³/mol. The lowest BCUT2D eigenvalue weighted by molar-refractivity contribution is -0.726. The van der Waals surface area contributed by atoms with E-state index in [1.807, 2.05) is 0 Å². The molecule has 0 saturated heterocycles. The van der Waals surface area contributed by atoms with E-state index in [-0.39, 0.29) is 21.2 Å². The molecule has 0 aliphatic heterocycles. The number of nitriles is 2. The third-order valence-corrected chi connectivity index (χ3v) is 12.2. The van der Waals surface area contributed by atoms with Gasteiger partial charge >= 0.3 is 0 Å². The van der Waals surface area contributed by atoms with Crippen LogP contribution in [0.4, 0.5) is 0 Å². The number of hydrogen-bond acceptors (Lipinski definition) is 5. The second-order valence-electron chi connectivity index (χ2n) is 7.33. The number of alkyl halides is 2. The highest BCUT2D eigenvalue weighted by Gasteiger charge is 2.42. The molecule has 7 heteroatoms. The molecule has 146 valence electrons. The van der Waals surface area contributed by atoms with Crippen LogP contribution in [0.1, 0.15) is 71.1 Å². The van der Waals surface area contributed by atoms with Crippen molar-refractivity contribution in [2.24, 2.45) is 0 Å². The van der Waals surface area contributed by atoms with Crippen molar-refractivity contribution in [3.8, 4) is 12.1 Å². The topological polar surface area (TPSA) is 90.9 Å². The van der Waals surface area contributed by atoms with Crippen LogP contribution in [0.5, 0.6) is 0 Å². The fraction of sp³-hybridized carbons (Fsp3) is 0.895. The highest BCUT2D eigenvalue weighted by molar-refractivity contribution is 7.93. The summed E-state index contributed by atoms with van der Waals surface area (Å²) in [6.07, 6.45) is 10.9. The SMILES string of the molecule is CCCCOC1CCC([I+]C2CCC(S(=O)(=O)C(C#N)C#N)CC2)CC1. The van der Waals surface area contributed by atoms with E-state index in [1.165, 1.54) is 32.1 Å². The first-order valence-corrected chi connectivity index (χ1v) is 13.9. The number of sulfone groups is 1. The van der Waals surface area contributed by atoms with Gasteiger partial charge in [0, 0.05) is 6.61 Å². The van der Waals surface area contributed by atoms with Crippen LogP contribution in [-0.2, 0) is 14.6 Å². The molecule has 0 bridgehead atoms. The van der Waals surface area contributed by atoms with Crippen molar-refractivity contribution in [3.05, 3.63) is 0 Å². The Labute approximate surface area is 168 Å². The van der Waals surface area contributed by atoms with Crippen molar-refractivity contribution < 1.29 is 34.4 Å². The van der Waals surface area contributed by atoms with Crippen LogP contribution in [-0.4, -0.2) is 39.5 Å². The summed E-state index contributed by atoms with van der Waals surface area (Å²) in [6, 6.07) is 3.27. The normalized spacial score (nSPS) is 29.8. The minimum absolute atomic E-state index is 0.0864. The number of ether oxygens (including phenoxy) is 1. The average Bonchev–Trinajstić information content (AvgIpc) is 2.64. The lowest BCUT2D eigenvalue weighted by Crippen LogP contribution is -3.68. The number of halogens is 1. The lowest BCUT2D eigenvalue weighted by Gasteiger charge is -2.27. The van der Waals surface area contributed by atoms with E-state index in [0.717, 1.165) is 29.8 Å². The van der Waals surface area contributed by atoms with Crippen LogP contribution in [0.2, 0.25) is 0 Å². The van der Waals surface area contributed by atoms with Crippen molar-refractivity contribution in [1.29, 1.82) is 10.5 Å². The molecule has 0 N–H and O–H groups in total. The van der Waals surface area contributed by atoms with E-state index in [1.54, 1.807) is 12.1 Å². The summed E-state index contributed by atoms with van der Waals surface area (Å²) in [7, 11) is -3.63. The summed E-state index contributed by atoms with van der Waals surface area (Å²) in [5, 5.41) is 15.8. The van der Waals surface area contributed by atoms with E-state index in [9.17, 15) is 8.42 Å². The Hall–Kier alpha value is -0.380. The second-order valence-corrected chi connectivity index (χ2v) is 13.9. The molecule has 2 rings (SSSR count). The van der Waals surface area contributed by atoms with Crippen molar-refractivity contribution >= 4 is 9.84 Å². The maximum atomic E-state index is 12.3. The lowest BCUT2D eigenvalue weighted by atomic mass is 9.98. The smallest absolute Gasteiger partial charge is 0.275 e. The molecule has 0 spiro atoms. The molecule has 2 saturated carbocycles. The highest BCUT2D eigenvalue weighted by atomic mass is 127. The van der Waals surface area contributed by atoms with Gasteiger partial charge in [0.1, 0.15) is 0 Å². The van der Waals surface area contributed by atoms with Crippen molar-refractivity contribution in [1.82, 2.24) is 0 Å². The molecule has 0 aromatic carbocycles. The summed E-state index contributed by atoms with van der Waals surface area (Å²) in [5.41, 5.74) is 0. The first-order valence-electron chi connectivity index (χ1n) is 9.76. The van der Waals surface area contributed by atoms with Gasteiger partial charge in [-0.25, -0.2) is 8.42 Å². The fourth-order valence-corrected chi connectivity index (χ4v) is 9.73. The third-order valence-electron chi connectivity index (χ3n) is 5.44. The largest absolute Gasteiger partial charge is 0.378 e. The quantitative estimate of drug-likeness (QED) is 0.277. The minimum atomic E-state index is -3.63. The number of nitrogens with zero attached hydrogens (tertiary/aromatic N) is 2. The maximum absolute atomic E-state index is 12.3. The van der Waals surface area contributed by atoms with Crippen LogP contribution in [0.3, 0.4) is 0 Å². The van der Waals surface area contributed by atoms with Gasteiger partial charge < -0.3 is 4.74 Å². The molecule has 2 aliphatic carbocycles. The standard InChI is InChI=1S/C19H30IN2O3S/c1-2-3-12-25-17-8-4-15(5-9-17)20-16-6-10-18(11-7-16)26(23,24)19(13-21)14-22/h15-19H,2-12H2,1H3/q+1. The molecule has 2 aliphatic rings. The number of unbranched alkanes of at least 4 members (excludes halogenated alkanes) is 1. The minimum Gasteiger partial charge on any atom is -0.378 e. The Kier molecular flexibility index (Phi) is 9.12. The summed E-state index contributed by atoms with van der Waals surface area (Å²) >= 11 is 0.0864. The maximum Gasteiger partial charge on any atom is 0.275 e. The fourth-order valence-electron chi connectivity index (χ4n) is 3.81. The first kappa shape index (κ1) is 21.9. The molecule has 26 heavy (non-hydrogen) atoms. The molecule has 0 unspecified atom stereocenters. The van der Waals surface area contributed by atoms with E-state index in [0.29, 0.717) is 22.9 Å². The molecule has 2 fully saturated rings. The summed E-state index contributed by atoms with van der Waals surface area (Å²) in [6.45, 7) is 3.08. The zero-order valence-corrected chi connectivity index (χ0v) is 18.5. The number of rotatable bonds is 8. The zero-order valence-electron chi connectivity index (χ0n) is 15.6. The van der Waals surface area contributed by atoms with Gasteiger partial charge in [-0.2, -0.15) is 10.5 Å². The van der Waals surface area contributed by atoms with Gasteiger partial charge in [-0.05, 0) is 57.8 Å². The molecule has 0 atom stereocenters. The Morgan fingerprint density at radius 1 is 1.00 bits per heavy atom. The van der Waals surface area contributed by atoms with Crippen LogP contribution < -0.4 is 21.2 Å². The molecule has 5 nitrogen and oxygen atoms in total. The Morgan fingerprint density at radius 2 is 1.54 bits per heavy atom. The van der Waals surface area contributed by atoms with Gasteiger partial charge in [0.15, 0.2) is 17.7 Å². The number of hydrogen-bond donors (Lipinski definition) is 0. The van der Waals surface area contributed by atoms with Gasteiger partial charge in [0.05, 0.1) is 23.5 Å². The van der Waals surface area contributed by atoms with Crippen molar-refractivity contribution in [2.75, 3.05) is 6.61 Å². The van der Waals surface area contributed by atoms with Gasteiger partial charge in [0.2, 0.25) is 5.25 Å². The average molecular weight is 493 g/mol. The molecular formula is C19H30IN2O3S+. The Balaban J connectivity index is 1.72. The highest BCUT2D eigenvalue weighted by Crippen LogP contribution is 2.25. The monoisotopic (exact) mass is 493 g/mol. The van der Waals surface area contributed by atoms with Gasteiger partial charge in [-0.1, -0.05) is 13.3 Å². The van der Waals surface area contributed by atoms with E-state index >= 15 is 0 Å². The predicted octanol–water partition coefficient (Wildman–Crippen LogP) is 0.345. The van der Waals surface area contributed by atoms with Gasteiger partial charge in [0.25, 0.3) is 21.2 Å². The molecular weight excluding hydrogens is 463 g/mol. The Morgan fingerprint density at radius 3 is 2.04 bits per heavy atom. The third kappa shape index (κ3) is 6.07. The summed E-state index contributed by atoms with van der Waals surface area (Å²) < 4.78 is 32.2. The second kappa shape index (κ2) is 10.8. The molecule has 0 heterocycles. The first-order chi connectivity index (χ1) is 12.5. The molecule has 0 aromatic heterocycles. The molecule has 0 amide bonds. The Bertz CT molecular complexity index is 596. The van der Waals surface area contributed by atoms with Crippen molar-refractivity contribution in [2.45, 2.75) is 95.6 Å². The van der Waals surface area contributed by atoms with E-state index in [4.69, 9.17) is 15.3 Å². The summed E-state index contributed by atoms with van der Waals surface area (Å²) in [4.78, 5) is 0.